The molecule has 4 rings (SSSR count). The quantitative estimate of drug-likeness (QED) is 0.306. The molecule has 0 unspecified atom stereocenters. The summed E-state index contributed by atoms with van der Waals surface area (Å²) in [6.45, 7) is 5.22. The van der Waals surface area contributed by atoms with Crippen LogP contribution in [-0.4, -0.2) is 30.4 Å². The highest BCUT2D eigenvalue weighted by Crippen LogP contribution is 2.30. The summed E-state index contributed by atoms with van der Waals surface area (Å²) in [5.74, 6) is -1.91. The first-order chi connectivity index (χ1) is 18.0. The Bertz CT molecular complexity index is 1520. The minimum Gasteiger partial charge on any atom is -0.483 e. The molecule has 0 atom stereocenters. The highest BCUT2D eigenvalue weighted by Gasteiger charge is 2.37. The number of benzene rings is 3. The van der Waals surface area contributed by atoms with Crippen molar-refractivity contribution in [2.75, 3.05) is 16.8 Å². The number of urea groups is 1. The van der Waals surface area contributed by atoms with E-state index in [0.29, 0.717) is 21.3 Å². The Kier molecular flexibility index (Phi) is 7.85. The lowest BCUT2D eigenvalue weighted by atomic mass is 10.0. The van der Waals surface area contributed by atoms with Gasteiger partial charge in [0.25, 0.3) is 17.7 Å². The second-order valence-corrected chi connectivity index (χ2v) is 9.53. The Hall–Kier alpha value is -4.14. The van der Waals surface area contributed by atoms with Crippen molar-refractivity contribution >= 4 is 64.4 Å². The third-order valence-corrected chi connectivity index (χ3v) is 6.49. The number of nitrogens with zero attached hydrogens (tertiary/aromatic N) is 1. The molecule has 3 aromatic carbocycles. The van der Waals surface area contributed by atoms with Crippen molar-refractivity contribution in [3.8, 4) is 5.75 Å². The molecule has 0 radical (unpaired) electrons. The highest BCUT2D eigenvalue weighted by molar-refractivity contribution is 6.40. The molecular formula is C28H23Cl2N3O5. The molecule has 0 saturated carbocycles. The summed E-state index contributed by atoms with van der Waals surface area (Å²) in [5, 5.41) is 5.61. The number of hydrogen-bond acceptors (Lipinski definition) is 5. The van der Waals surface area contributed by atoms with Gasteiger partial charge in [0.1, 0.15) is 11.3 Å². The molecule has 1 heterocycles. The van der Waals surface area contributed by atoms with Crippen molar-refractivity contribution in [3.05, 3.63) is 92.5 Å². The molecule has 5 amide bonds. The molecule has 0 bridgehead atoms. The molecule has 0 aliphatic carbocycles. The van der Waals surface area contributed by atoms with Gasteiger partial charge in [-0.25, -0.2) is 9.69 Å². The average molecular weight is 552 g/mol. The van der Waals surface area contributed by atoms with Crippen molar-refractivity contribution in [3.63, 3.8) is 0 Å². The van der Waals surface area contributed by atoms with Crippen molar-refractivity contribution in [1.29, 1.82) is 0 Å². The second kappa shape index (κ2) is 11.1. The lowest BCUT2D eigenvalue weighted by Gasteiger charge is -2.27. The second-order valence-electron chi connectivity index (χ2n) is 8.66. The van der Waals surface area contributed by atoms with E-state index < -0.39 is 23.8 Å². The van der Waals surface area contributed by atoms with Gasteiger partial charge in [-0.2, -0.15) is 0 Å². The molecule has 1 saturated heterocycles. The molecule has 1 aliphatic heterocycles. The predicted molar refractivity (Wildman–Crippen MR) is 147 cm³/mol. The fourth-order valence-corrected chi connectivity index (χ4v) is 4.18. The van der Waals surface area contributed by atoms with E-state index in [-0.39, 0.29) is 29.2 Å². The topological polar surface area (TPSA) is 105 Å². The number of carbonyl (C=O) groups is 4. The van der Waals surface area contributed by atoms with E-state index in [0.717, 1.165) is 16.0 Å². The molecule has 3 aromatic rings. The molecule has 194 valence electrons. The van der Waals surface area contributed by atoms with Crippen molar-refractivity contribution in [2.24, 2.45) is 0 Å². The predicted octanol–water partition coefficient (Wildman–Crippen LogP) is 5.60. The molecule has 0 aromatic heterocycles. The summed E-state index contributed by atoms with van der Waals surface area (Å²) >= 11 is 12.2. The molecule has 10 heteroatoms. The number of nitrogens with one attached hydrogen (secondary N) is 2. The SMILES string of the molecule is Cc1ccc(Cl)cc1N1C(=O)NC(=O)/C(=C\c2cc(Cl)ccc2OCC(=O)Nc2cccc(C)c2C)C1=O. The molecule has 1 aliphatic rings. The maximum atomic E-state index is 13.3. The minimum atomic E-state index is -0.895. The van der Waals surface area contributed by atoms with Gasteiger partial charge in [-0.3, -0.25) is 19.7 Å². The number of imide groups is 2. The third-order valence-electron chi connectivity index (χ3n) is 6.02. The van der Waals surface area contributed by atoms with E-state index in [9.17, 15) is 19.2 Å². The van der Waals surface area contributed by atoms with Crippen LogP contribution in [0.4, 0.5) is 16.2 Å². The van der Waals surface area contributed by atoms with E-state index in [1.807, 2.05) is 26.0 Å². The average Bonchev–Trinajstić information content (AvgIpc) is 2.86. The summed E-state index contributed by atoms with van der Waals surface area (Å²) in [6, 6.07) is 14.0. The van der Waals surface area contributed by atoms with Crippen LogP contribution in [-0.2, 0) is 14.4 Å². The number of anilines is 2. The maximum absolute atomic E-state index is 13.3. The summed E-state index contributed by atoms with van der Waals surface area (Å²) in [5.41, 5.74) is 3.43. The smallest absolute Gasteiger partial charge is 0.335 e. The molecule has 0 spiro atoms. The van der Waals surface area contributed by atoms with Gasteiger partial charge in [0.05, 0.1) is 5.69 Å². The van der Waals surface area contributed by atoms with Crippen molar-refractivity contribution < 1.29 is 23.9 Å². The van der Waals surface area contributed by atoms with E-state index in [1.54, 1.807) is 31.2 Å². The van der Waals surface area contributed by atoms with Crippen LogP contribution in [0, 0.1) is 20.8 Å². The largest absolute Gasteiger partial charge is 0.483 e. The van der Waals surface area contributed by atoms with Crippen LogP contribution in [0.1, 0.15) is 22.3 Å². The zero-order valence-electron chi connectivity index (χ0n) is 20.7. The zero-order chi connectivity index (χ0) is 27.6. The number of halogens is 2. The van der Waals surface area contributed by atoms with Gasteiger partial charge >= 0.3 is 6.03 Å². The third kappa shape index (κ3) is 5.72. The van der Waals surface area contributed by atoms with E-state index in [1.165, 1.54) is 24.3 Å². The van der Waals surface area contributed by atoms with Crippen LogP contribution in [0.2, 0.25) is 10.0 Å². The maximum Gasteiger partial charge on any atom is 0.335 e. The lowest BCUT2D eigenvalue weighted by Crippen LogP contribution is -2.54. The first kappa shape index (κ1) is 26.9. The fourth-order valence-electron chi connectivity index (χ4n) is 3.83. The summed E-state index contributed by atoms with van der Waals surface area (Å²) in [7, 11) is 0. The number of barbiturate groups is 1. The van der Waals surface area contributed by atoms with E-state index >= 15 is 0 Å². The normalized spacial score (nSPS) is 14.5. The first-order valence-electron chi connectivity index (χ1n) is 11.5. The number of carbonyl (C=O) groups excluding carboxylic acids is 4. The Morgan fingerprint density at radius 2 is 1.68 bits per heavy atom. The van der Waals surface area contributed by atoms with Gasteiger partial charge in [0, 0.05) is 21.3 Å². The van der Waals surface area contributed by atoms with Gasteiger partial charge in [0.15, 0.2) is 6.61 Å². The van der Waals surface area contributed by atoms with Crippen LogP contribution in [0.25, 0.3) is 6.08 Å². The summed E-state index contributed by atoms with van der Waals surface area (Å²) in [6.07, 6.45) is 1.26. The number of amides is 5. The van der Waals surface area contributed by atoms with Gasteiger partial charge in [0.2, 0.25) is 0 Å². The summed E-state index contributed by atoms with van der Waals surface area (Å²) < 4.78 is 5.72. The minimum absolute atomic E-state index is 0.209. The van der Waals surface area contributed by atoms with Crippen molar-refractivity contribution in [2.45, 2.75) is 20.8 Å². The van der Waals surface area contributed by atoms with Gasteiger partial charge < -0.3 is 10.1 Å². The Morgan fingerprint density at radius 1 is 0.974 bits per heavy atom. The van der Waals surface area contributed by atoms with Gasteiger partial charge in [-0.1, -0.05) is 41.4 Å². The molecule has 2 N–H and O–H groups in total. The Morgan fingerprint density at radius 3 is 2.45 bits per heavy atom. The fraction of sp³-hybridized carbons (Fsp3) is 0.143. The van der Waals surface area contributed by atoms with Crippen LogP contribution < -0.4 is 20.3 Å². The van der Waals surface area contributed by atoms with Crippen LogP contribution in [0.15, 0.2) is 60.2 Å². The van der Waals surface area contributed by atoms with Crippen LogP contribution >= 0.6 is 23.2 Å². The Balaban J connectivity index is 1.61. The Labute approximate surface area is 229 Å². The van der Waals surface area contributed by atoms with Gasteiger partial charge in [-0.05, 0) is 79.9 Å². The van der Waals surface area contributed by atoms with Crippen LogP contribution in [0.3, 0.4) is 0 Å². The lowest BCUT2D eigenvalue weighted by molar-refractivity contribution is -0.122. The molecular weight excluding hydrogens is 529 g/mol. The standard InChI is InChI=1S/C28H23Cl2N3O5/c1-15-5-4-6-22(17(15)3)31-25(34)14-38-24-10-9-19(29)11-18(24)12-21-26(35)32-28(37)33(27(21)36)23-13-20(30)8-7-16(23)2/h4-13H,14H2,1-3H3,(H,31,34)(H,32,35,37)/b21-12+. The molecule has 1 fully saturated rings. The monoisotopic (exact) mass is 551 g/mol. The zero-order valence-corrected chi connectivity index (χ0v) is 22.2. The highest BCUT2D eigenvalue weighted by atomic mass is 35.5. The summed E-state index contributed by atoms with van der Waals surface area (Å²) in [4.78, 5) is 52.0. The van der Waals surface area contributed by atoms with Crippen molar-refractivity contribution in [1.82, 2.24) is 5.32 Å². The number of hydrogen-bond donors (Lipinski definition) is 2. The number of ether oxygens (including phenoxy) is 1. The first-order valence-corrected chi connectivity index (χ1v) is 12.3. The van der Waals surface area contributed by atoms with E-state index in [4.69, 9.17) is 27.9 Å². The van der Waals surface area contributed by atoms with Gasteiger partial charge in [-0.15, -0.1) is 0 Å². The molecule has 8 nitrogen and oxygen atoms in total. The van der Waals surface area contributed by atoms with E-state index in [2.05, 4.69) is 10.6 Å². The molecule has 38 heavy (non-hydrogen) atoms. The van der Waals surface area contributed by atoms with Crippen LogP contribution in [0.5, 0.6) is 5.75 Å². The number of aryl methyl sites for hydroxylation is 2. The number of rotatable bonds is 6.